The molecule has 1 unspecified atom stereocenters. The summed E-state index contributed by atoms with van der Waals surface area (Å²) < 4.78 is 19.0. The highest BCUT2D eigenvalue weighted by atomic mass is 35.5. The van der Waals surface area contributed by atoms with Gasteiger partial charge in [-0.3, -0.25) is 4.79 Å². The molecule has 3 rings (SSSR count). The number of aliphatic hydroxyl groups is 1. The second-order valence-electron chi connectivity index (χ2n) is 6.09. The van der Waals surface area contributed by atoms with Crippen molar-refractivity contribution in [2.75, 3.05) is 7.11 Å². The van der Waals surface area contributed by atoms with Gasteiger partial charge in [0.1, 0.15) is 5.82 Å². The number of pyridine rings is 1. The summed E-state index contributed by atoms with van der Waals surface area (Å²) in [6.07, 6.45) is 2.37. The molecule has 0 spiro atoms. The van der Waals surface area contributed by atoms with Crippen LogP contribution in [-0.2, 0) is 0 Å². The van der Waals surface area contributed by atoms with Crippen LogP contribution in [0.25, 0.3) is 0 Å². The number of ether oxygens (including phenoxy) is 1. The number of hydrogen-bond acceptors (Lipinski definition) is 4. The zero-order valence-corrected chi connectivity index (χ0v) is 14.3. The van der Waals surface area contributed by atoms with Crippen LogP contribution in [0.15, 0.2) is 36.5 Å². The molecule has 5 nitrogen and oxygen atoms in total. The Morgan fingerprint density at radius 2 is 2.16 bits per heavy atom. The molecule has 1 aliphatic rings. The Labute approximate surface area is 149 Å². The van der Waals surface area contributed by atoms with E-state index >= 15 is 0 Å². The van der Waals surface area contributed by atoms with Crippen LogP contribution in [0.3, 0.4) is 0 Å². The highest BCUT2D eigenvalue weighted by Crippen LogP contribution is 2.38. The van der Waals surface area contributed by atoms with Gasteiger partial charge in [-0.1, -0.05) is 17.7 Å². The van der Waals surface area contributed by atoms with E-state index in [4.69, 9.17) is 16.3 Å². The number of halogens is 2. The number of benzene rings is 1. The molecule has 7 heteroatoms. The fourth-order valence-electron chi connectivity index (χ4n) is 2.96. The van der Waals surface area contributed by atoms with Crippen LogP contribution in [0, 0.1) is 11.7 Å². The molecule has 2 aromatic rings. The number of rotatable bonds is 5. The maximum atomic E-state index is 13.9. The van der Waals surface area contributed by atoms with E-state index in [1.54, 1.807) is 18.3 Å². The third kappa shape index (κ3) is 3.91. The topological polar surface area (TPSA) is 71.5 Å². The van der Waals surface area contributed by atoms with Crippen molar-refractivity contribution in [2.24, 2.45) is 5.92 Å². The van der Waals surface area contributed by atoms with E-state index in [0.717, 1.165) is 11.6 Å². The standard InChI is InChI=1S/C18H18ClFN2O3/c1-25-16-5-2-10(9-21-16)17(11-6-13(23)7-11)22-18(24)14-8-12(19)3-4-15(14)20/h2-5,8-9,11,13,17,23H,6-7H2,1H3,(H,22,24). The van der Waals surface area contributed by atoms with Gasteiger partial charge in [-0.25, -0.2) is 9.37 Å². The fourth-order valence-corrected chi connectivity index (χ4v) is 3.13. The molecule has 132 valence electrons. The van der Waals surface area contributed by atoms with Gasteiger partial charge in [0.25, 0.3) is 5.91 Å². The predicted octanol–water partition coefficient (Wildman–Crippen LogP) is 3.12. The van der Waals surface area contributed by atoms with Crippen molar-refractivity contribution in [1.82, 2.24) is 10.3 Å². The third-order valence-corrected chi connectivity index (χ3v) is 4.64. The highest BCUT2D eigenvalue weighted by Gasteiger charge is 2.36. The first-order chi connectivity index (χ1) is 12.0. The molecule has 0 bridgehead atoms. The van der Waals surface area contributed by atoms with Gasteiger partial charge in [0.2, 0.25) is 5.88 Å². The van der Waals surface area contributed by atoms with Gasteiger partial charge in [-0.15, -0.1) is 0 Å². The van der Waals surface area contributed by atoms with Crippen molar-refractivity contribution in [2.45, 2.75) is 25.0 Å². The van der Waals surface area contributed by atoms with Crippen molar-refractivity contribution in [1.29, 1.82) is 0 Å². The predicted molar refractivity (Wildman–Crippen MR) is 91.1 cm³/mol. The van der Waals surface area contributed by atoms with Gasteiger partial charge in [-0.05, 0) is 42.5 Å². The number of nitrogens with zero attached hydrogens (tertiary/aromatic N) is 1. The molecule has 1 aliphatic carbocycles. The van der Waals surface area contributed by atoms with Crippen LogP contribution in [-0.4, -0.2) is 29.2 Å². The van der Waals surface area contributed by atoms with Crippen molar-refractivity contribution in [3.05, 3.63) is 58.5 Å². The Morgan fingerprint density at radius 3 is 2.76 bits per heavy atom. The molecule has 1 heterocycles. The minimum Gasteiger partial charge on any atom is -0.481 e. The van der Waals surface area contributed by atoms with Gasteiger partial charge in [0.15, 0.2) is 0 Å². The van der Waals surface area contributed by atoms with E-state index < -0.39 is 11.7 Å². The molecule has 1 aromatic carbocycles. The minimum absolute atomic E-state index is 0.0522. The van der Waals surface area contributed by atoms with E-state index in [1.165, 1.54) is 19.2 Å². The van der Waals surface area contributed by atoms with Crippen LogP contribution in [0.1, 0.15) is 34.8 Å². The summed E-state index contributed by atoms with van der Waals surface area (Å²) in [5.41, 5.74) is 0.660. The lowest BCUT2D eigenvalue weighted by molar-refractivity contribution is 0.0234. The zero-order valence-electron chi connectivity index (χ0n) is 13.6. The molecule has 1 saturated carbocycles. The number of aliphatic hydroxyl groups excluding tert-OH is 1. The quantitative estimate of drug-likeness (QED) is 0.855. The summed E-state index contributed by atoms with van der Waals surface area (Å²) in [4.78, 5) is 16.7. The second-order valence-corrected chi connectivity index (χ2v) is 6.53. The van der Waals surface area contributed by atoms with Crippen molar-refractivity contribution in [3.8, 4) is 5.88 Å². The minimum atomic E-state index is -0.637. The Bertz CT molecular complexity index is 763. The summed E-state index contributed by atoms with van der Waals surface area (Å²) in [5.74, 6) is -0.677. The largest absolute Gasteiger partial charge is 0.481 e. The van der Waals surface area contributed by atoms with E-state index in [1.807, 2.05) is 0 Å². The number of methoxy groups -OCH3 is 1. The van der Waals surface area contributed by atoms with Gasteiger partial charge >= 0.3 is 0 Å². The molecule has 0 radical (unpaired) electrons. The normalized spacial score (nSPS) is 20.5. The van der Waals surface area contributed by atoms with Gasteiger partial charge in [0.05, 0.1) is 24.8 Å². The SMILES string of the molecule is COc1ccc(C(NC(=O)c2cc(Cl)ccc2F)C2CC(O)C2)cn1. The Hall–Kier alpha value is -2.18. The molecule has 25 heavy (non-hydrogen) atoms. The number of aromatic nitrogens is 1. The number of carbonyl (C=O) groups excluding carboxylic acids is 1. The summed E-state index contributed by atoms with van der Waals surface area (Å²) >= 11 is 5.86. The Balaban J connectivity index is 1.84. The second kappa shape index (κ2) is 7.37. The molecule has 2 N–H and O–H groups in total. The summed E-state index contributed by atoms with van der Waals surface area (Å²) in [7, 11) is 1.52. The lowest BCUT2D eigenvalue weighted by atomic mass is 9.75. The first-order valence-corrected chi connectivity index (χ1v) is 8.29. The Morgan fingerprint density at radius 1 is 1.40 bits per heavy atom. The maximum absolute atomic E-state index is 13.9. The van der Waals surface area contributed by atoms with Gasteiger partial charge in [0, 0.05) is 17.3 Å². The molecule has 0 aliphatic heterocycles. The first-order valence-electron chi connectivity index (χ1n) is 7.92. The average molecular weight is 365 g/mol. The van der Waals surface area contributed by atoms with E-state index in [2.05, 4.69) is 10.3 Å². The van der Waals surface area contributed by atoms with Gasteiger partial charge in [-0.2, -0.15) is 0 Å². The smallest absolute Gasteiger partial charge is 0.254 e. The molecule has 1 atom stereocenters. The number of hydrogen-bond donors (Lipinski definition) is 2. The third-order valence-electron chi connectivity index (χ3n) is 4.41. The summed E-state index contributed by atoms with van der Waals surface area (Å²) in [6, 6.07) is 6.97. The monoisotopic (exact) mass is 364 g/mol. The number of amides is 1. The molecular formula is C18H18ClFN2O3. The number of nitrogens with one attached hydrogen (secondary N) is 1. The van der Waals surface area contributed by atoms with Crippen LogP contribution in [0.5, 0.6) is 5.88 Å². The lowest BCUT2D eigenvalue weighted by Crippen LogP contribution is -2.41. The van der Waals surface area contributed by atoms with E-state index in [-0.39, 0.29) is 28.6 Å². The van der Waals surface area contributed by atoms with Crippen LogP contribution < -0.4 is 10.1 Å². The molecule has 1 fully saturated rings. The molecular weight excluding hydrogens is 347 g/mol. The van der Waals surface area contributed by atoms with Crippen molar-refractivity contribution < 1.29 is 19.0 Å². The molecule has 1 amide bonds. The zero-order chi connectivity index (χ0) is 18.0. The van der Waals surface area contributed by atoms with Crippen molar-refractivity contribution >= 4 is 17.5 Å². The highest BCUT2D eigenvalue weighted by molar-refractivity contribution is 6.31. The molecule has 1 aromatic heterocycles. The molecule has 0 saturated heterocycles. The van der Waals surface area contributed by atoms with Crippen LogP contribution >= 0.6 is 11.6 Å². The summed E-state index contributed by atoms with van der Waals surface area (Å²) in [6.45, 7) is 0. The van der Waals surface area contributed by atoms with E-state index in [9.17, 15) is 14.3 Å². The van der Waals surface area contributed by atoms with Crippen LogP contribution in [0.2, 0.25) is 5.02 Å². The fraction of sp³-hybridized carbons (Fsp3) is 0.333. The lowest BCUT2D eigenvalue weighted by Gasteiger charge is -2.38. The summed E-state index contributed by atoms with van der Waals surface area (Å²) in [5, 5.41) is 12.7. The van der Waals surface area contributed by atoms with E-state index in [0.29, 0.717) is 18.7 Å². The van der Waals surface area contributed by atoms with Crippen LogP contribution in [0.4, 0.5) is 4.39 Å². The first kappa shape index (κ1) is 17.6. The Kier molecular flexibility index (Phi) is 5.20. The number of carbonyl (C=O) groups is 1. The average Bonchev–Trinajstić information content (AvgIpc) is 2.59. The van der Waals surface area contributed by atoms with Gasteiger partial charge < -0.3 is 15.2 Å². The van der Waals surface area contributed by atoms with Crippen molar-refractivity contribution in [3.63, 3.8) is 0 Å². The maximum Gasteiger partial charge on any atom is 0.254 e.